The van der Waals surface area contributed by atoms with Crippen LogP contribution in [0.1, 0.15) is 25.3 Å². The summed E-state index contributed by atoms with van der Waals surface area (Å²) in [6, 6.07) is 8.32. The lowest BCUT2D eigenvalue weighted by Gasteiger charge is -2.15. The van der Waals surface area contributed by atoms with E-state index in [9.17, 15) is 0 Å². The molecule has 0 saturated heterocycles. The number of anilines is 1. The third-order valence-corrected chi connectivity index (χ3v) is 2.90. The topological polar surface area (TPSA) is 33.3 Å². The third kappa shape index (κ3) is 3.29. The van der Waals surface area contributed by atoms with Gasteiger partial charge in [-0.2, -0.15) is 0 Å². The Bertz CT molecular complexity index is 446. The van der Waals surface area contributed by atoms with Gasteiger partial charge in [0.15, 0.2) is 0 Å². The van der Waals surface area contributed by atoms with Gasteiger partial charge in [0, 0.05) is 11.3 Å². The molecule has 0 amide bonds. The first-order valence-corrected chi connectivity index (χ1v) is 6.38. The summed E-state index contributed by atoms with van der Waals surface area (Å²) < 4.78 is 5.25. The molecule has 2 N–H and O–H groups in total. The zero-order valence-corrected chi connectivity index (χ0v) is 11.0. The van der Waals surface area contributed by atoms with Crippen molar-refractivity contribution in [2.75, 3.05) is 12.0 Å². The molecule has 0 aliphatic carbocycles. The van der Waals surface area contributed by atoms with Crippen LogP contribution < -0.4 is 10.9 Å². The molecule has 0 radical (unpaired) electrons. The van der Waals surface area contributed by atoms with Crippen LogP contribution in [-0.4, -0.2) is 6.61 Å². The zero-order chi connectivity index (χ0) is 12.8. The molecule has 0 saturated carbocycles. The van der Waals surface area contributed by atoms with Crippen LogP contribution in [-0.2, 0) is 4.74 Å². The van der Waals surface area contributed by atoms with Crippen LogP contribution in [0.2, 0.25) is 0 Å². The number of nitrogens with one attached hydrogen (secondary N) is 2. The summed E-state index contributed by atoms with van der Waals surface area (Å²) in [4.78, 5) is 0. The predicted molar refractivity (Wildman–Crippen MR) is 75.0 cm³/mol. The van der Waals surface area contributed by atoms with Crippen molar-refractivity contribution in [3.8, 4) is 0 Å². The molecule has 0 aromatic heterocycles. The van der Waals surface area contributed by atoms with E-state index in [0.717, 1.165) is 18.5 Å². The van der Waals surface area contributed by atoms with E-state index < -0.39 is 0 Å². The van der Waals surface area contributed by atoms with Gasteiger partial charge in [-0.05, 0) is 31.6 Å². The lowest BCUT2D eigenvalue weighted by molar-refractivity contribution is 0.300. The van der Waals surface area contributed by atoms with Crippen LogP contribution in [0.5, 0.6) is 0 Å². The van der Waals surface area contributed by atoms with E-state index in [4.69, 9.17) is 4.74 Å². The second kappa shape index (κ2) is 6.15. The number of benzene rings is 1. The molecule has 96 valence electrons. The zero-order valence-electron chi connectivity index (χ0n) is 11.0. The molecule has 0 unspecified atom stereocenters. The predicted octanol–water partition coefficient (Wildman–Crippen LogP) is 3.51. The van der Waals surface area contributed by atoms with Gasteiger partial charge in [-0.25, -0.2) is 0 Å². The number of rotatable bonds is 5. The van der Waals surface area contributed by atoms with Crippen molar-refractivity contribution in [3.63, 3.8) is 0 Å². The van der Waals surface area contributed by atoms with Crippen LogP contribution >= 0.6 is 0 Å². The van der Waals surface area contributed by atoms with Crippen molar-refractivity contribution < 1.29 is 4.74 Å². The molecular formula is C15H20N2O. The fourth-order valence-electron chi connectivity index (χ4n) is 1.84. The minimum atomic E-state index is 0.665. The Morgan fingerprint density at radius 1 is 1.28 bits per heavy atom. The van der Waals surface area contributed by atoms with E-state index in [0.29, 0.717) is 6.61 Å². The summed E-state index contributed by atoms with van der Waals surface area (Å²) in [6.07, 6.45) is 5.89. The van der Waals surface area contributed by atoms with Crippen LogP contribution in [0.25, 0.3) is 0 Å². The summed E-state index contributed by atoms with van der Waals surface area (Å²) in [7, 11) is 0. The van der Waals surface area contributed by atoms with Crippen LogP contribution in [0, 0.1) is 6.92 Å². The maximum Gasteiger partial charge on any atom is 0.114 e. The maximum absolute atomic E-state index is 5.25. The van der Waals surface area contributed by atoms with Gasteiger partial charge < -0.3 is 15.6 Å². The van der Waals surface area contributed by atoms with Crippen molar-refractivity contribution in [1.82, 2.24) is 5.43 Å². The number of allylic oxidation sites excluding steroid dienone is 1. The average Bonchev–Trinajstić information content (AvgIpc) is 2.90. The van der Waals surface area contributed by atoms with Crippen molar-refractivity contribution in [2.24, 2.45) is 0 Å². The fourth-order valence-corrected chi connectivity index (χ4v) is 1.84. The number of hydrogen-bond acceptors (Lipinski definition) is 3. The average molecular weight is 244 g/mol. The number of hydrazine groups is 1. The molecule has 1 aliphatic rings. The Morgan fingerprint density at radius 3 is 2.67 bits per heavy atom. The highest BCUT2D eigenvalue weighted by atomic mass is 16.5. The highest BCUT2D eigenvalue weighted by molar-refractivity contribution is 5.44. The molecule has 1 heterocycles. The third-order valence-electron chi connectivity index (χ3n) is 2.90. The number of aryl methyl sites for hydroxylation is 1. The van der Waals surface area contributed by atoms with Crippen molar-refractivity contribution in [2.45, 2.75) is 26.7 Å². The summed E-state index contributed by atoms with van der Waals surface area (Å²) in [5.41, 5.74) is 11.3. The fraction of sp³-hybridized carbons (Fsp3) is 0.333. The molecule has 2 rings (SSSR count). The summed E-state index contributed by atoms with van der Waals surface area (Å²) in [5.74, 6) is 0. The Hall–Kier alpha value is -1.90. The molecule has 3 nitrogen and oxygen atoms in total. The Labute approximate surface area is 109 Å². The maximum atomic E-state index is 5.25. The van der Waals surface area contributed by atoms with Gasteiger partial charge in [-0.3, -0.25) is 0 Å². The second-order valence-corrected chi connectivity index (χ2v) is 4.48. The Kier molecular flexibility index (Phi) is 4.29. The molecule has 1 aromatic carbocycles. The molecule has 0 spiro atoms. The quantitative estimate of drug-likeness (QED) is 0.778. The minimum Gasteiger partial charge on any atom is -0.496 e. The van der Waals surface area contributed by atoms with Gasteiger partial charge in [0.1, 0.15) is 6.61 Å². The van der Waals surface area contributed by atoms with E-state index in [1.54, 1.807) is 6.26 Å². The van der Waals surface area contributed by atoms with E-state index in [-0.39, 0.29) is 0 Å². The van der Waals surface area contributed by atoms with E-state index in [1.165, 1.54) is 16.8 Å². The monoisotopic (exact) mass is 244 g/mol. The highest BCUT2D eigenvalue weighted by Gasteiger charge is 2.07. The van der Waals surface area contributed by atoms with Gasteiger partial charge in [0.2, 0.25) is 0 Å². The van der Waals surface area contributed by atoms with Gasteiger partial charge >= 0.3 is 0 Å². The molecule has 3 heteroatoms. The molecule has 0 fully saturated rings. The minimum absolute atomic E-state index is 0.665. The van der Waals surface area contributed by atoms with Crippen LogP contribution in [0.4, 0.5) is 5.69 Å². The number of hydrogen-bond donors (Lipinski definition) is 2. The van der Waals surface area contributed by atoms with Crippen molar-refractivity contribution in [1.29, 1.82) is 0 Å². The molecular weight excluding hydrogens is 224 g/mol. The lowest BCUT2D eigenvalue weighted by atomic mass is 10.1. The van der Waals surface area contributed by atoms with Crippen LogP contribution in [0.15, 0.2) is 47.9 Å². The summed E-state index contributed by atoms with van der Waals surface area (Å²) in [6.45, 7) is 4.92. The standard InChI is InChI=1S/C15H20N2O/c1-3-4-15(13-9-10-18-11-13)17-16-14-7-5-12(2)6-8-14/h5-10,16-17H,3-4,11H2,1-2H3. The van der Waals surface area contributed by atoms with E-state index in [2.05, 4.69) is 49.0 Å². The van der Waals surface area contributed by atoms with E-state index >= 15 is 0 Å². The lowest BCUT2D eigenvalue weighted by Crippen LogP contribution is -2.22. The van der Waals surface area contributed by atoms with Crippen molar-refractivity contribution in [3.05, 3.63) is 53.4 Å². The molecule has 1 aromatic rings. The second-order valence-electron chi connectivity index (χ2n) is 4.48. The van der Waals surface area contributed by atoms with Crippen LogP contribution in [0.3, 0.4) is 0 Å². The summed E-state index contributed by atoms with van der Waals surface area (Å²) >= 11 is 0. The van der Waals surface area contributed by atoms with E-state index in [1.807, 2.05) is 6.08 Å². The first-order chi connectivity index (χ1) is 8.79. The van der Waals surface area contributed by atoms with Gasteiger partial charge in [-0.1, -0.05) is 31.0 Å². The first kappa shape index (κ1) is 12.6. The Balaban J connectivity index is 2.00. The molecule has 1 aliphatic heterocycles. The van der Waals surface area contributed by atoms with Gasteiger partial charge in [-0.15, -0.1) is 0 Å². The van der Waals surface area contributed by atoms with Gasteiger partial charge in [0.05, 0.1) is 11.9 Å². The molecule has 0 atom stereocenters. The van der Waals surface area contributed by atoms with Gasteiger partial charge in [0.25, 0.3) is 0 Å². The first-order valence-electron chi connectivity index (χ1n) is 6.38. The summed E-state index contributed by atoms with van der Waals surface area (Å²) in [5, 5.41) is 0. The normalized spacial score (nSPS) is 16.3. The SMILES string of the molecule is CCCC(NNc1ccc(C)cc1)=C1C=COC1. The molecule has 0 bridgehead atoms. The molecule has 18 heavy (non-hydrogen) atoms. The Morgan fingerprint density at radius 2 is 2.06 bits per heavy atom. The largest absolute Gasteiger partial charge is 0.496 e. The number of ether oxygens (including phenoxy) is 1. The highest BCUT2D eigenvalue weighted by Crippen LogP contribution is 2.16. The van der Waals surface area contributed by atoms with Crippen molar-refractivity contribution >= 4 is 5.69 Å². The smallest absolute Gasteiger partial charge is 0.114 e.